The first-order valence-electron chi connectivity index (χ1n) is 10.0. The van der Waals surface area contributed by atoms with Crippen LogP contribution in [0.2, 0.25) is 0 Å². The number of aromatic nitrogens is 6. The van der Waals surface area contributed by atoms with Gasteiger partial charge in [0.25, 0.3) is 0 Å². The molecular weight excluding hydrogens is 438 g/mol. The van der Waals surface area contributed by atoms with E-state index in [1.807, 2.05) is 6.07 Å². The maximum Gasteiger partial charge on any atom is 0.224 e. The molecule has 5 rings (SSSR count). The molecule has 1 N–H and O–H groups in total. The predicted octanol–water partition coefficient (Wildman–Crippen LogP) is 3.55. The fourth-order valence-electron chi connectivity index (χ4n) is 3.76. The molecule has 33 heavy (non-hydrogen) atoms. The first-order chi connectivity index (χ1) is 16.1. The van der Waals surface area contributed by atoms with Gasteiger partial charge in [-0.15, -0.1) is 0 Å². The van der Waals surface area contributed by atoms with Crippen LogP contribution in [0.4, 0.5) is 0 Å². The Morgan fingerprint density at radius 2 is 1.91 bits per heavy atom. The molecule has 0 saturated carbocycles. The van der Waals surface area contributed by atoms with Crippen molar-refractivity contribution < 1.29 is 8.42 Å². The van der Waals surface area contributed by atoms with Gasteiger partial charge in [0.15, 0.2) is 5.03 Å². The van der Waals surface area contributed by atoms with Crippen LogP contribution in [-0.2, 0) is 9.84 Å². The third-order valence-corrected chi connectivity index (χ3v) is 7.04. The van der Waals surface area contributed by atoms with Crippen molar-refractivity contribution in [2.75, 3.05) is 0 Å². The van der Waals surface area contributed by atoms with Gasteiger partial charge in [0.05, 0.1) is 35.3 Å². The molecule has 0 fully saturated rings. The highest BCUT2D eigenvalue weighted by atomic mass is 32.2. The predicted molar refractivity (Wildman–Crippen MR) is 120 cm³/mol. The maximum absolute atomic E-state index is 13.3. The Morgan fingerprint density at radius 3 is 2.73 bits per heavy atom. The lowest BCUT2D eigenvalue weighted by Gasteiger charge is -2.18. The molecule has 0 aliphatic carbocycles. The third-order valence-electron chi connectivity index (χ3n) is 5.30. The van der Waals surface area contributed by atoms with Crippen molar-refractivity contribution in [2.45, 2.75) is 22.4 Å². The minimum Gasteiger partial charge on any atom is -0.346 e. The molecule has 1 unspecified atom stereocenters. The molecule has 0 saturated heterocycles. The Labute approximate surface area is 189 Å². The Morgan fingerprint density at radius 1 is 1.06 bits per heavy atom. The summed E-state index contributed by atoms with van der Waals surface area (Å²) < 4.78 is 28.3. The van der Waals surface area contributed by atoms with Crippen molar-refractivity contribution in [3.05, 3.63) is 85.2 Å². The number of aromatic amines is 1. The first kappa shape index (κ1) is 20.5. The molecule has 0 amide bonds. The lowest BCUT2D eigenvalue weighted by atomic mass is 10.1. The Balaban J connectivity index is 1.61. The second-order valence-electron chi connectivity index (χ2n) is 7.26. The Hall–Kier alpha value is -4.36. The van der Waals surface area contributed by atoms with Crippen LogP contribution in [0.1, 0.15) is 18.0 Å². The van der Waals surface area contributed by atoms with E-state index in [-0.39, 0.29) is 16.3 Å². The molecule has 0 aliphatic heterocycles. The van der Waals surface area contributed by atoms with Crippen molar-refractivity contribution in [3.8, 4) is 17.3 Å². The maximum atomic E-state index is 13.3. The van der Waals surface area contributed by atoms with E-state index in [2.05, 4.69) is 31.1 Å². The van der Waals surface area contributed by atoms with Gasteiger partial charge >= 0.3 is 0 Å². The standard InChI is InChI=1S/C23H17N7O2S/c24-10-8-20(18-7-4-11-26-23(18)33(31,32)17-5-2-1-3-6-17)30-14-16(13-29-30)21-19-9-12-25-22(19)28-15-27-21/h1-7,9,11-15,20H,8H2,(H,25,27,28). The Kier molecular flexibility index (Phi) is 5.16. The lowest BCUT2D eigenvalue weighted by Crippen LogP contribution is -2.16. The zero-order valence-corrected chi connectivity index (χ0v) is 18.0. The van der Waals surface area contributed by atoms with Crippen molar-refractivity contribution in [1.29, 1.82) is 5.26 Å². The van der Waals surface area contributed by atoms with E-state index in [0.29, 0.717) is 16.9 Å². The van der Waals surface area contributed by atoms with Crippen LogP contribution in [0.15, 0.2) is 89.6 Å². The number of hydrogen-bond donors (Lipinski definition) is 1. The van der Waals surface area contributed by atoms with Crippen LogP contribution in [-0.4, -0.2) is 38.1 Å². The summed E-state index contributed by atoms with van der Waals surface area (Å²) in [5, 5.41) is 14.7. The second-order valence-corrected chi connectivity index (χ2v) is 9.13. The van der Waals surface area contributed by atoms with Gasteiger partial charge in [0.2, 0.25) is 9.84 Å². The highest BCUT2D eigenvalue weighted by Gasteiger charge is 2.28. The van der Waals surface area contributed by atoms with Crippen LogP contribution in [0, 0.1) is 11.3 Å². The van der Waals surface area contributed by atoms with Crippen LogP contribution < -0.4 is 0 Å². The van der Waals surface area contributed by atoms with Gasteiger partial charge in [-0.25, -0.2) is 23.4 Å². The second kappa shape index (κ2) is 8.29. The van der Waals surface area contributed by atoms with Crippen molar-refractivity contribution in [2.24, 2.45) is 0 Å². The summed E-state index contributed by atoms with van der Waals surface area (Å²) in [6, 6.07) is 14.8. The topological polar surface area (TPSA) is 130 Å². The quantitative estimate of drug-likeness (QED) is 0.414. The smallest absolute Gasteiger partial charge is 0.224 e. The molecule has 5 aromatic rings. The van der Waals surface area contributed by atoms with Crippen molar-refractivity contribution >= 4 is 20.9 Å². The van der Waals surface area contributed by atoms with Crippen molar-refractivity contribution in [3.63, 3.8) is 0 Å². The molecule has 4 heterocycles. The van der Waals surface area contributed by atoms with E-state index in [1.165, 1.54) is 24.7 Å². The summed E-state index contributed by atoms with van der Waals surface area (Å²) in [6.45, 7) is 0. The molecular formula is C23H17N7O2S. The lowest BCUT2D eigenvalue weighted by molar-refractivity contribution is 0.516. The average Bonchev–Trinajstić information content (AvgIpc) is 3.53. The third kappa shape index (κ3) is 3.64. The van der Waals surface area contributed by atoms with E-state index in [1.54, 1.807) is 53.6 Å². The largest absolute Gasteiger partial charge is 0.346 e. The van der Waals surface area contributed by atoms with E-state index in [0.717, 1.165) is 10.9 Å². The van der Waals surface area contributed by atoms with E-state index in [9.17, 15) is 13.7 Å². The zero-order chi connectivity index (χ0) is 22.8. The fraction of sp³-hybridized carbons (Fsp3) is 0.0870. The molecule has 0 aliphatic rings. The summed E-state index contributed by atoms with van der Waals surface area (Å²) in [4.78, 5) is 16.0. The SMILES string of the molecule is N#CCC(c1cccnc1S(=O)(=O)c1ccccc1)n1cc(-c2ncnc3[nH]ccc23)cn1. The summed E-state index contributed by atoms with van der Waals surface area (Å²) in [5.41, 5.74) is 2.50. The average molecular weight is 456 g/mol. The highest BCUT2D eigenvalue weighted by molar-refractivity contribution is 7.91. The minimum absolute atomic E-state index is 0.00740. The summed E-state index contributed by atoms with van der Waals surface area (Å²) >= 11 is 0. The van der Waals surface area contributed by atoms with E-state index in [4.69, 9.17) is 0 Å². The molecule has 4 aromatic heterocycles. The normalized spacial score (nSPS) is 12.5. The molecule has 0 spiro atoms. The number of sulfone groups is 1. The van der Waals surface area contributed by atoms with E-state index < -0.39 is 15.9 Å². The molecule has 10 heteroatoms. The first-order valence-corrected chi connectivity index (χ1v) is 11.5. The molecule has 0 bridgehead atoms. The summed E-state index contributed by atoms with van der Waals surface area (Å²) in [5.74, 6) is 0. The molecule has 9 nitrogen and oxygen atoms in total. The highest BCUT2D eigenvalue weighted by Crippen LogP contribution is 2.32. The minimum atomic E-state index is -3.89. The monoisotopic (exact) mass is 455 g/mol. The van der Waals surface area contributed by atoms with Crippen LogP contribution in [0.25, 0.3) is 22.3 Å². The number of nitrogens with zero attached hydrogens (tertiary/aromatic N) is 6. The number of rotatable bonds is 6. The fourth-order valence-corrected chi connectivity index (χ4v) is 5.21. The van der Waals surface area contributed by atoms with Gasteiger partial charge in [0, 0.05) is 35.1 Å². The number of benzene rings is 1. The molecule has 1 aromatic carbocycles. The number of nitrogens with one attached hydrogen (secondary N) is 1. The van der Waals surface area contributed by atoms with Crippen LogP contribution in [0.5, 0.6) is 0 Å². The summed E-state index contributed by atoms with van der Waals surface area (Å²) in [7, 11) is -3.89. The van der Waals surface area contributed by atoms with Gasteiger partial charge in [-0.05, 0) is 24.3 Å². The van der Waals surface area contributed by atoms with Gasteiger partial charge < -0.3 is 4.98 Å². The number of hydrogen-bond acceptors (Lipinski definition) is 7. The molecule has 162 valence electrons. The van der Waals surface area contributed by atoms with Gasteiger partial charge in [0.1, 0.15) is 12.0 Å². The van der Waals surface area contributed by atoms with E-state index >= 15 is 0 Å². The number of pyridine rings is 1. The Bertz CT molecular complexity index is 1580. The number of H-pyrrole nitrogens is 1. The van der Waals surface area contributed by atoms with Gasteiger partial charge in [-0.1, -0.05) is 24.3 Å². The van der Waals surface area contributed by atoms with Gasteiger partial charge in [-0.2, -0.15) is 10.4 Å². The number of nitriles is 1. The molecule has 1 atom stereocenters. The van der Waals surface area contributed by atoms with Crippen molar-refractivity contribution in [1.82, 2.24) is 29.7 Å². The molecule has 0 radical (unpaired) electrons. The van der Waals surface area contributed by atoms with Gasteiger partial charge in [-0.3, -0.25) is 4.68 Å². The summed E-state index contributed by atoms with van der Waals surface area (Å²) in [6.07, 6.45) is 8.07. The van der Waals surface area contributed by atoms with Crippen LogP contribution >= 0.6 is 0 Å². The zero-order valence-electron chi connectivity index (χ0n) is 17.2. The van der Waals surface area contributed by atoms with Crippen LogP contribution in [0.3, 0.4) is 0 Å². The number of fused-ring (bicyclic) bond motifs is 1.